The summed E-state index contributed by atoms with van der Waals surface area (Å²) in [5.74, 6) is -1.19. The Bertz CT molecular complexity index is 490. The molecule has 0 aliphatic rings. The van der Waals surface area contributed by atoms with Crippen molar-refractivity contribution >= 4 is 23.5 Å². The molecule has 0 saturated heterocycles. The zero-order valence-electron chi connectivity index (χ0n) is 12.0. The van der Waals surface area contributed by atoms with Crippen LogP contribution in [0.5, 0.6) is 0 Å². The maximum Gasteiger partial charge on any atom is 0.311 e. The highest BCUT2D eigenvalue weighted by Crippen LogP contribution is 2.26. The molecule has 5 heteroatoms. The number of halogens is 1. The van der Waals surface area contributed by atoms with Crippen molar-refractivity contribution in [2.24, 2.45) is 5.41 Å². The summed E-state index contributed by atoms with van der Waals surface area (Å²) in [6.07, 6.45) is 0.932. The molecular formula is C15H20ClNO3. The minimum absolute atomic E-state index is 0.111. The number of carboxylic acids is 1. The van der Waals surface area contributed by atoms with Gasteiger partial charge in [0.2, 0.25) is 0 Å². The first-order valence-electron chi connectivity index (χ1n) is 6.63. The molecule has 0 atom stereocenters. The Kier molecular flexibility index (Phi) is 5.57. The largest absolute Gasteiger partial charge is 0.481 e. The summed E-state index contributed by atoms with van der Waals surface area (Å²) < 4.78 is 0. The van der Waals surface area contributed by atoms with Crippen LogP contribution < -0.4 is 5.32 Å². The fourth-order valence-corrected chi connectivity index (χ4v) is 2.39. The highest BCUT2D eigenvalue weighted by Gasteiger charge is 2.35. The first kappa shape index (κ1) is 16.5. The van der Waals surface area contributed by atoms with Gasteiger partial charge < -0.3 is 10.4 Å². The predicted molar refractivity (Wildman–Crippen MR) is 79.2 cm³/mol. The zero-order chi connectivity index (χ0) is 15.3. The van der Waals surface area contributed by atoms with Crippen LogP contribution in [0.1, 0.15) is 42.6 Å². The third-order valence-corrected chi connectivity index (χ3v) is 3.92. The van der Waals surface area contributed by atoms with E-state index in [0.29, 0.717) is 23.4 Å². The Labute approximate surface area is 124 Å². The van der Waals surface area contributed by atoms with Crippen LogP contribution in [0.15, 0.2) is 18.2 Å². The third kappa shape index (κ3) is 3.73. The van der Waals surface area contributed by atoms with Gasteiger partial charge in [0.05, 0.1) is 5.41 Å². The average Bonchev–Trinajstić information content (AvgIpc) is 2.38. The van der Waals surface area contributed by atoms with Crippen LogP contribution >= 0.6 is 11.6 Å². The first-order chi connectivity index (χ1) is 9.34. The van der Waals surface area contributed by atoms with Crippen molar-refractivity contribution in [2.45, 2.75) is 33.6 Å². The number of carbonyl (C=O) groups is 2. The summed E-state index contributed by atoms with van der Waals surface area (Å²) in [5.41, 5.74) is 0.420. The second-order valence-corrected chi connectivity index (χ2v) is 5.43. The van der Waals surface area contributed by atoms with Crippen molar-refractivity contribution in [1.29, 1.82) is 0 Å². The lowest BCUT2D eigenvalue weighted by Gasteiger charge is -2.26. The fraction of sp³-hybridized carbons (Fsp3) is 0.467. The van der Waals surface area contributed by atoms with Crippen molar-refractivity contribution in [1.82, 2.24) is 5.32 Å². The lowest BCUT2D eigenvalue weighted by Crippen LogP contribution is -2.42. The molecule has 0 spiro atoms. The number of rotatable bonds is 6. The van der Waals surface area contributed by atoms with Gasteiger partial charge in [0.25, 0.3) is 5.91 Å². The minimum Gasteiger partial charge on any atom is -0.481 e. The number of aliphatic carboxylic acids is 1. The average molecular weight is 298 g/mol. The maximum atomic E-state index is 12.1. The Balaban J connectivity index is 2.83. The van der Waals surface area contributed by atoms with Gasteiger partial charge in [-0.25, -0.2) is 0 Å². The van der Waals surface area contributed by atoms with Gasteiger partial charge in [0.1, 0.15) is 0 Å². The second-order valence-electron chi connectivity index (χ2n) is 4.99. The molecule has 0 bridgehead atoms. The van der Waals surface area contributed by atoms with E-state index < -0.39 is 11.4 Å². The first-order valence-corrected chi connectivity index (χ1v) is 7.01. The van der Waals surface area contributed by atoms with Gasteiger partial charge in [-0.15, -0.1) is 0 Å². The van der Waals surface area contributed by atoms with Crippen molar-refractivity contribution in [3.63, 3.8) is 0 Å². The summed E-state index contributed by atoms with van der Waals surface area (Å²) in [6.45, 7) is 5.59. The molecule has 0 saturated carbocycles. The van der Waals surface area contributed by atoms with E-state index in [2.05, 4.69) is 5.32 Å². The van der Waals surface area contributed by atoms with E-state index in [1.165, 1.54) is 0 Å². The maximum absolute atomic E-state index is 12.1. The number of aryl methyl sites for hydroxylation is 1. The summed E-state index contributed by atoms with van der Waals surface area (Å²) in [4.78, 5) is 23.5. The quantitative estimate of drug-likeness (QED) is 0.847. The van der Waals surface area contributed by atoms with Gasteiger partial charge in [-0.3, -0.25) is 9.59 Å². The van der Waals surface area contributed by atoms with E-state index in [1.54, 1.807) is 18.2 Å². The lowest BCUT2D eigenvalue weighted by molar-refractivity contribution is -0.149. The highest BCUT2D eigenvalue weighted by atomic mass is 35.5. The van der Waals surface area contributed by atoms with Crippen LogP contribution in [-0.4, -0.2) is 23.5 Å². The van der Waals surface area contributed by atoms with Crippen LogP contribution in [0.25, 0.3) is 0 Å². The van der Waals surface area contributed by atoms with Crippen molar-refractivity contribution in [3.05, 3.63) is 34.3 Å². The molecule has 0 unspecified atom stereocenters. The number of carbonyl (C=O) groups excluding carboxylic acids is 1. The van der Waals surface area contributed by atoms with E-state index in [4.69, 9.17) is 11.6 Å². The van der Waals surface area contributed by atoms with Gasteiger partial charge in [0.15, 0.2) is 0 Å². The Morgan fingerprint density at radius 3 is 2.30 bits per heavy atom. The minimum atomic E-state index is -0.913. The molecule has 2 N–H and O–H groups in total. The summed E-state index contributed by atoms with van der Waals surface area (Å²) in [6, 6.07) is 5.06. The molecule has 110 valence electrons. The van der Waals surface area contributed by atoms with Crippen LogP contribution in [0.3, 0.4) is 0 Å². The number of amides is 1. The molecule has 1 rings (SSSR count). The van der Waals surface area contributed by atoms with Gasteiger partial charge in [-0.05, 0) is 43.5 Å². The molecule has 4 nitrogen and oxygen atoms in total. The van der Waals surface area contributed by atoms with Gasteiger partial charge in [0, 0.05) is 17.1 Å². The smallest absolute Gasteiger partial charge is 0.311 e. The van der Waals surface area contributed by atoms with Gasteiger partial charge in [-0.2, -0.15) is 0 Å². The molecule has 0 aliphatic carbocycles. The molecule has 0 aromatic heterocycles. The van der Waals surface area contributed by atoms with E-state index in [9.17, 15) is 14.7 Å². The summed E-state index contributed by atoms with van der Waals surface area (Å²) >= 11 is 5.92. The fourth-order valence-electron chi connectivity index (χ4n) is 2.10. The topological polar surface area (TPSA) is 66.4 Å². The Hall–Kier alpha value is -1.55. The molecule has 1 aromatic rings. The van der Waals surface area contributed by atoms with Gasteiger partial charge >= 0.3 is 5.97 Å². The predicted octanol–water partition coefficient (Wildman–Crippen LogP) is 3.27. The van der Waals surface area contributed by atoms with E-state index in [0.717, 1.165) is 5.56 Å². The lowest BCUT2D eigenvalue weighted by atomic mass is 9.82. The molecule has 20 heavy (non-hydrogen) atoms. The number of hydrogen-bond acceptors (Lipinski definition) is 2. The molecule has 0 radical (unpaired) electrons. The highest BCUT2D eigenvalue weighted by molar-refractivity contribution is 6.31. The van der Waals surface area contributed by atoms with E-state index >= 15 is 0 Å². The Morgan fingerprint density at radius 1 is 1.25 bits per heavy atom. The Morgan fingerprint density at radius 2 is 1.85 bits per heavy atom. The second kappa shape index (κ2) is 6.75. The number of benzene rings is 1. The van der Waals surface area contributed by atoms with E-state index in [-0.39, 0.29) is 12.5 Å². The summed E-state index contributed by atoms with van der Waals surface area (Å²) in [7, 11) is 0. The molecule has 0 heterocycles. The monoisotopic (exact) mass is 297 g/mol. The number of nitrogens with one attached hydrogen (secondary N) is 1. The van der Waals surface area contributed by atoms with Crippen LogP contribution in [0.2, 0.25) is 5.02 Å². The van der Waals surface area contributed by atoms with Crippen LogP contribution in [-0.2, 0) is 4.79 Å². The van der Waals surface area contributed by atoms with Crippen LogP contribution in [0, 0.1) is 12.3 Å². The normalized spacial score (nSPS) is 11.2. The summed E-state index contributed by atoms with van der Waals surface area (Å²) in [5, 5.41) is 12.5. The van der Waals surface area contributed by atoms with Crippen molar-refractivity contribution < 1.29 is 14.7 Å². The zero-order valence-corrected chi connectivity index (χ0v) is 12.8. The SMILES string of the molecule is CCC(CC)(CNC(=O)c1cc(C)cc(Cl)c1)C(=O)O. The van der Waals surface area contributed by atoms with Crippen LogP contribution in [0.4, 0.5) is 0 Å². The molecule has 0 fully saturated rings. The molecular weight excluding hydrogens is 278 g/mol. The molecule has 0 aliphatic heterocycles. The standard InChI is InChI=1S/C15H20ClNO3/c1-4-15(5-2,14(19)20)9-17-13(18)11-6-10(3)7-12(16)8-11/h6-8H,4-5,9H2,1-3H3,(H,17,18)(H,19,20). The third-order valence-electron chi connectivity index (χ3n) is 3.70. The molecule has 1 aromatic carbocycles. The van der Waals surface area contributed by atoms with Crippen molar-refractivity contribution in [3.8, 4) is 0 Å². The number of hydrogen-bond donors (Lipinski definition) is 2. The number of carboxylic acid groups (broad SMARTS) is 1. The van der Waals surface area contributed by atoms with Gasteiger partial charge in [-0.1, -0.05) is 25.4 Å². The van der Waals surface area contributed by atoms with E-state index in [1.807, 2.05) is 20.8 Å². The van der Waals surface area contributed by atoms with Crippen molar-refractivity contribution in [2.75, 3.05) is 6.54 Å². The molecule has 1 amide bonds.